The van der Waals surface area contributed by atoms with Crippen molar-refractivity contribution in [3.8, 4) is 5.75 Å². The van der Waals surface area contributed by atoms with E-state index in [1.807, 2.05) is 24.3 Å². The first-order valence-electron chi connectivity index (χ1n) is 6.04. The quantitative estimate of drug-likeness (QED) is 0.846. The minimum absolute atomic E-state index is 0.0108. The van der Waals surface area contributed by atoms with E-state index in [-0.39, 0.29) is 6.04 Å². The molecular formula is C13H18N2O3. The van der Waals surface area contributed by atoms with Crippen molar-refractivity contribution >= 4 is 6.09 Å². The number of hydrogen-bond acceptors (Lipinski definition) is 3. The molecule has 0 bridgehead atoms. The van der Waals surface area contributed by atoms with Crippen LogP contribution < -0.4 is 10.1 Å². The number of amides is 1. The molecule has 1 amide bonds. The molecule has 1 heterocycles. The summed E-state index contributed by atoms with van der Waals surface area (Å²) in [6, 6.07) is 7.75. The Hall–Kier alpha value is -1.75. The van der Waals surface area contributed by atoms with Gasteiger partial charge in [0.1, 0.15) is 5.75 Å². The maximum atomic E-state index is 11.2. The maximum Gasteiger partial charge on any atom is 0.407 e. The molecule has 1 unspecified atom stereocenters. The van der Waals surface area contributed by atoms with Crippen molar-refractivity contribution < 1.29 is 14.6 Å². The lowest BCUT2D eigenvalue weighted by atomic mass is 10.0. The summed E-state index contributed by atoms with van der Waals surface area (Å²) in [4.78, 5) is 12.7. The molecule has 1 saturated heterocycles. The van der Waals surface area contributed by atoms with Gasteiger partial charge in [-0.15, -0.1) is 0 Å². The highest BCUT2D eigenvalue weighted by Crippen LogP contribution is 2.16. The summed E-state index contributed by atoms with van der Waals surface area (Å²) in [7, 11) is 1.63. The zero-order valence-electron chi connectivity index (χ0n) is 10.4. The predicted molar refractivity (Wildman–Crippen MR) is 68.1 cm³/mol. The minimum Gasteiger partial charge on any atom is -0.497 e. The van der Waals surface area contributed by atoms with E-state index in [1.54, 1.807) is 7.11 Å². The fourth-order valence-electron chi connectivity index (χ4n) is 2.27. The van der Waals surface area contributed by atoms with E-state index in [4.69, 9.17) is 9.84 Å². The zero-order chi connectivity index (χ0) is 13.0. The van der Waals surface area contributed by atoms with Gasteiger partial charge in [0.2, 0.25) is 0 Å². The van der Waals surface area contributed by atoms with E-state index in [1.165, 1.54) is 4.90 Å². The summed E-state index contributed by atoms with van der Waals surface area (Å²) in [6.07, 6.45) is -0.138. The number of ether oxygens (including phenoxy) is 1. The number of methoxy groups -OCH3 is 1. The highest BCUT2D eigenvalue weighted by atomic mass is 16.5. The number of carboxylic acid groups (broad SMARTS) is 1. The second kappa shape index (κ2) is 5.73. The normalized spacial score (nSPS) is 19.6. The van der Waals surface area contributed by atoms with Crippen molar-refractivity contribution in [2.24, 2.45) is 0 Å². The van der Waals surface area contributed by atoms with Crippen LogP contribution in [0.1, 0.15) is 5.56 Å². The Labute approximate surface area is 106 Å². The van der Waals surface area contributed by atoms with Gasteiger partial charge < -0.3 is 20.1 Å². The van der Waals surface area contributed by atoms with E-state index < -0.39 is 6.09 Å². The molecule has 1 fully saturated rings. The van der Waals surface area contributed by atoms with Crippen molar-refractivity contribution in [1.29, 1.82) is 0 Å². The number of rotatable bonds is 3. The highest BCUT2D eigenvalue weighted by Gasteiger charge is 2.26. The van der Waals surface area contributed by atoms with Crippen LogP contribution in [0.15, 0.2) is 24.3 Å². The smallest absolute Gasteiger partial charge is 0.407 e. The molecule has 1 aromatic carbocycles. The van der Waals surface area contributed by atoms with Gasteiger partial charge in [0.25, 0.3) is 0 Å². The van der Waals surface area contributed by atoms with Crippen LogP contribution in [0.5, 0.6) is 5.75 Å². The molecular weight excluding hydrogens is 232 g/mol. The molecule has 2 rings (SSSR count). The third kappa shape index (κ3) is 2.92. The second-order valence-electron chi connectivity index (χ2n) is 4.39. The van der Waals surface area contributed by atoms with Crippen LogP contribution in [0.25, 0.3) is 0 Å². The van der Waals surface area contributed by atoms with Crippen LogP contribution in [0.3, 0.4) is 0 Å². The van der Waals surface area contributed by atoms with Crippen LogP contribution in [0.4, 0.5) is 4.79 Å². The minimum atomic E-state index is -0.843. The fraction of sp³-hybridized carbons (Fsp3) is 0.462. The summed E-state index contributed by atoms with van der Waals surface area (Å²) in [5, 5.41) is 12.4. The summed E-state index contributed by atoms with van der Waals surface area (Å²) >= 11 is 0. The Kier molecular flexibility index (Phi) is 4.04. The Morgan fingerprint density at radius 1 is 1.61 bits per heavy atom. The molecule has 0 radical (unpaired) electrons. The van der Waals surface area contributed by atoms with Gasteiger partial charge >= 0.3 is 6.09 Å². The molecule has 1 aliphatic rings. The van der Waals surface area contributed by atoms with Crippen molar-refractivity contribution in [3.63, 3.8) is 0 Å². The molecule has 1 aromatic rings. The standard InChI is InChI=1S/C13H18N2O3/c1-18-12-4-2-3-10(8-12)7-11-9-14-5-6-15(11)13(16)17/h2-4,8,11,14H,5-7,9H2,1H3,(H,16,17). The topological polar surface area (TPSA) is 61.8 Å². The molecule has 98 valence electrons. The van der Waals surface area contributed by atoms with Gasteiger partial charge in [-0.3, -0.25) is 0 Å². The Bertz CT molecular complexity index is 422. The van der Waals surface area contributed by atoms with Crippen molar-refractivity contribution in [2.75, 3.05) is 26.7 Å². The first-order chi connectivity index (χ1) is 8.70. The van der Waals surface area contributed by atoms with E-state index in [0.717, 1.165) is 17.9 Å². The first-order valence-corrected chi connectivity index (χ1v) is 6.04. The molecule has 1 atom stereocenters. The van der Waals surface area contributed by atoms with Gasteiger partial charge in [0.15, 0.2) is 0 Å². The number of piperazine rings is 1. The third-order valence-corrected chi connectivity index (χ3v) is 3.20. The number of nitrogens with one attached hydrogen (secondary N) is 1. The molecule has 1 aliphatic heterocycles. The Morgan fingerprint density at radius 2 is 2.44 bits per heavy atom. The van der Waals surface area contributed by atoms with Crippen LogP contribution in [-0.2, 0) is 6.42 Å². The summed E-state index contributed by atoms with van der Waals surface area (Å²) < 4.78 is 5.17. The van der Waals surface area contributed by atoms with E-state index >= 15 is 0 Å². The molecule has 0 saturated carbocycles. The average Bonchev–Trinajstić information content (AvgIpc) is 2.39. The molecule has 5 heteroatoms. The third-order valence-electron chi connectivity index (χ3n) is 3.20. The van der Waals surface area contributed by atoms with Gasteiger partial charge in [-0.05, 0) is 24.1 Å². The number of carbonyl (C=O) groups is 1. The second-order valence-corrected chi connectivity index (χ2v) is 4.39. The van der Waals surface area contributed by atoms with Gasteiger partial charge in [-0.2, -0.15) is 0 Å². The molecule has 0 aromatic heterocycles. The molecule has 5 nitrogen and oxygen atoms in total. The maximum absolute atomic E-state index is 11.2. The van der Waals surface area contributed by atoms with Gasteiger partial charge in [0, 0.05) is 19.6 Å². The summed E-state index contributed by atoms with van der Waals surface area (Å²) in [5.74, 6) is 0.804. The predicted octanol–water partition coefficient (Wildman–Crippen LogP) is 1.19. The van der Waals surface area contributed by atoms with Gasteiger partial charge in [0.05, 0.1) is 13.2 Å². The largest absolute Gasteiger partial charge is 0.497 e. The molecule has 18 heavy (non-hydrogen) atoms. The summed E-state index contributed by atoms with van der Waals surface area (Å²) in [5.41, 5.74) is 1.09. The van der Waals surface area contributed by atoms with Crippen LogP contribution in [-0.4, -0.2) is 48.9 Å². The molecule has 0 aliphatic carbocycles. The lowest BCUT2D eigenvalue weighted by Gasteiger charge is -2.34. The van der Waals surface area contributed by atoms with Crippen molar-refractivity contribution in [1.82, 2.24) is 10.2 Å². The lowest BCUT2D eigenvalue weighted by molar-refractivity contribution is 0.112. The van der Waals surface area contributed by atoms with Crippen molar-refractivity contribution in [2.45, 2.75) is 12.5 Å². The highest BCUT2D eigenvalue weighted by molar-refractivity contribution is 5.65. The molecule has 0 spiro atoms. The number of hydrogen-bond donors (Lipinski definition) is 2. The average molecular weight is 250 g/mol. The van der Waals surface area contributed by atoms with Crippen molar-refractivity contribution in [3.05, 3.63) is 29.8 Å². The molecule has 2 N–H and O–H groups in total. The number of nitrogens with zero attached hydrogens (tertiary/aromatic N) is 1. The number of benzene rings is 1. The first kappa shape index (κ1) is 12.7. The SMILES string of the molecule is COc1cccc(CC2CNCCN2C(=O)O)c1. The van der Waals surface area contributed by atoms with Crippen LogP contribution in [0, 0.1) is 0 Å². The van der Waals surface area contributed by atoms with E-state index in [0.29, 0.717) is 19.5 Å². The summed E-state index contributed by atoms with van der Waals surface area (Å²) in [6.45, 7) is 1.97. The van der Waals surface area contributed by atoms with E-state index in [9.17, 15) is 4.79 Å². The zero-order valence-corrected chi connectivity index (χ0v) is 10.4. The van der Waals surface area contributed by atoms with Crippen LogP contribution >= 0.6 is 0 Å². The fourth-order valence-corrected chi connectivity index (χ4v) is 2.27. The van der Waals surface area contributed by atoms with E-state index in [2.05, 4.69) is 5.32 Å². The van der Waals surface area contributed by atoms with Gasteiger partial charge in [-0.1, -0.05) is 12.1 Å². The van der Waals surface area contributed by atoms with Gasteiger partial charge in [-0.25, -0.2) is 4.79 Å². The van der Waals surface area contributed by atoms with Crippen LogP contribution in [0.2, 0.25) is 0 Å². The monoisotopic (exact) mass is 250 g/mol. The lowest BCUT2D eigenvalue weighted by Crippen LogP contribution is -2.54. The Balaban J connectivity index is 2.08. The Morgan fingerprint density at radius 3 is 3.17 bits per heavy atom.